The quantitative estimate of drug-likeness (QED) is 0.715. The molecule has 1 amide bonds. The zero-order chi connectivity index (χ0) is 21.8. The number of carbonyl (C=O) groups excluding carboxylic acids is 1. The van der Waals surface area contributed by atoms with E-state index in [0.717, 1.165) is 0 Å². The second kappa shape index (κ2) is 8.89. The van der Waals surface area contributed by atoms with Crippen molar-refractivity contribution in [3.63, 3.8) is 0 Å². The van der Waals surface area contributed by atoms with E-state index in [1.54, 1.807) is 20.8 Å². The Morgan fingerprint density at radius 1 is 1.28 bits per heavy atom. The van der Waals surface area contributed by atoms with Crippen LogP contribution in [0.3, 0.4) is 0 Å². The molecule has 0 aliphatic carbocycles. The molecule has 29 heavy (non-hydrogen) atoms. The summed E-state index contributed by atoms with van der Waals surface area (Å²) in [6.45, 7) is 8.93. The third-order valence-corrected chi connectivity index (χ3v) is 5.53. The first-order valence-corrected chi connectivity index (χ1v) is 10.9. The number of rotatable bonds is 7. The molecular formula is C19H26FN3O5S. The number of benzene rings is 1. The number of carbonyl (C=O) groups is 1. The Morgan fingerprint density at radius 2 is 1.93 bits per heavy atom. The molecule has 160 valence electrons. The molecule has 0 unspecified atom stereocenters. The zero-order valence-corrected chi connectivity index (χ0v) is 17.9. The van der Waals surface area contributed by atoms with Crippen molar-refractivity contribution in [2.45, 2.75) is 63.7 Å². The summed E-state index contributed by atoms with van der Waals surface area (Å²) in [6.07, 6.45) is -0.0306. The topological polar surface area (TPSA) is 111 Å². The molecule has 0 bridgehead atoms. The second-order valence-corrected chi connectivity index (χ2v) is 9.63. The molecule has 1 heterocycles. The molecule has 10 heteroatoms. The van der Waals surface area contributed by atoms with Gasteiger partial charge in [-0.25, -0.2) is 17.6 Å². The highest BCUT2D eigenvalue weighted by molar-refractivity contribution is 7.90. The van der Waals surface area contributed by atoms with Gasteiger partial charge >= 0.3 is 11.3 Å². The van der Waals surface area contributed by atoms with Crippen molar-refractivity contribution in [1.29, 1.82) is 0 Å². The van der Waals surface area contributed by atoms with Crippen molar-refractivity contribution in [3.8, 4) is 0 Å². The van der Waals surface area contributed by atoms with E-state index in [4.69, 9.17) is 9.15 Å². The summed E-state index contributed by atoms with van der Waals surface area (Å²) in [5.74, 6) is -1.45. The molecule has 0 saturated carbocycles. The highest BCUT2D eigenvalue weighted by atomic mass is 32.2. The Morgan fingerprint density at radius 3 is 2.52 bits per heavy atom. The molecule has 1 aromatic heterocycles. The summed E-state index contributed by atoms with van der Waals surface area (Å²) in [6, 6.07) is 4.82. The van der Waals surface area contributed by atoms with Crippen molar-refractivity contribution in [1.82, 2.24) is 15.5 Å². The zero-order valence-electron chi connectivity index (χ0n) is 17.1. The van der Waals surface area contributed by atoms with Crippen LogP contribution in [0, 0.1) is 11.7 Å². The third kappa shape index (κ3) is 6.25. The number of hydrogen-bond acceptors (Lipinski definition) is 7. The van der Waals surface area contributed by atoms with Gasteiger partial charge in [-0.3, -0.25) is 0 Å². The summed E-state index contributed by atoms with van der Waals surface area (Å²) in [5, 5.41) is 9.44. The van der Waals surface area contributed by atoms with Crippen molar-refractivity contribution in [3.05, 3.63) is 41.5 Å². The van der Waals surface area contributed by atoms with Crippen LogP contribution in [-0.2, 0) is 20.3 Å². The van der Waals surface area contributed by atoms with Gasteiger partial charge in [0.25, 0.3) is 0 Å². The molecule has 2 atom stereocenters. The first-order chi connectivity index (χ1) is 13.4. The lowest BCUT2D eigenvalue weighted by Gasteiger charge is -2.24. The van der Waals surface area contributed by atoms with E-state index in [1.807, 2.05) is 13.8 Å². The van der Waals surface area contributed by atoms with Crippen LogP contribution in [0.2, 0.25) is 0 Å². The van der Waals surface area contributed by atoms with Crippen LogP contribution in [0.1, 0.15) is 58.5 Å². The normalized spacial score (nSPS) is 14.3. The van der Waals surface area contributed by atoms with Crippen molar-refractivity contribution in [2.75, 3.05) is 0 Å². The molecule has 1 N–H and O–H groups in total. The largest absolute Gasteiger partial charge is 0.444 e. The number of nitrogens with zero attached hydrogens (tertiary/aromatic N) is 2. The minimum absolute atomic E-state index is 0.00222. The minimum Gasteiger partial charge on any atom is -0.444 e. The molecular weight excluding hydrogens is 401 g/mol. The van der Waals surface area contributed by atoms with E-state index in [0.29, 0.717) is 6.42 Å². The van der Waals surface area contributed by atoms with E-state index in [1.165, 1.54) is 24.3 Å². The SMILES string of the molecule is CC[C@@H](C)[C@H](NC(=O)OC(C)(C)C)c1nnc(S(=O)(=O)Cc2ccccc2F)o1. The molecule has 1 aromatic carbocycles. The lowest BCUT2D eigenvalue weighted by Crippen LogP contribution is -2.37. The maximum atomic E-state index is 13.8. The Hall–Kier alpha value is -2.49. The first kappa shape index (κ1) is 22.8. The van der Waals surface area contributed by atoms with Gasteiger partial charge in [-0.2, -0.15) is 0 Å². The van der Waals surface area contributed by atoms with Crippen LogP contribution in [0.5, 0.6) is 0 Å². The molecule has 0 saturated heterocycles. The molecule has 0 fully saturated rings. The summed E-state index contributed by atoms with van der Waals surface area (Å²) < 4.78 is 49.6. The summed E-state index contributed by atoms with van der Waals surface area (Å²) in [4.78, 5) is 12.2. The van der Waals surface area contributed by atoms with E-state index in [2.05, 4.69) is 15.5 Å². The van der Waals surface area contributed by atoms with Gasteiger partial charge in [0.1, 0.15) is 17.5 Å². The Bertz CT molecular complexity index is 953. The molecule has 0 spiro atoms. The number of ether oxygens (including phenoxy) is 1. The fourth-order valence-electron chi connectivity index (χ4n) is 2.47. The monoisotopic (exact) mass is 427 g/mol. The number of hydrogen-bond donors (Lipinski definition) is 1. The van der Waals surface area contributed by atoms with Crippen LogP contribution in [0.4, 0.5) is 9.18 Å². The predicted molar refractivity (Wildman–Crippen MR) is 103 cm³/mol. The fourth-order valence-corrected chi connectivity index (χ4v) is 3.62. The highest BCUT2D eigenvalue weighted by Crippen LogP contribution is 2.26. The van der Waals surface area contributed by atoms with Gasteiger partial charge in [0.05, 0.1) is 5.75 Å². The number of alkyl carbamates (subject to hydrolysis) is 1. The number of aromatic nitrogens is 2. The van der Waals surface area contributed by atoms with Crippen molar-refractivity contribution < 1.29 is 26.8 Å². The predicted octanol–water partition coefficient (Wildman–Crippen LogP) is 3.79. The maximum Gasteiger partial charge on any atom is 0.408 e. The summed E-state index contributed by atoms with van der Waals surface area (Å²) >= 11 is 0. The van der Waals surface area contributed by atoms with Gasteiger partial charge in [0.2, 0.25) is 15.7 Å². The number of amides is 1. The molecule has 0 radical (unpaired) electrons. The number of sulfone groups is 1. The van der Waals surface area contributed by atoms with Gasteiger partial charge in [-0.15, -0.1) is 5.10 Å². The Balaban J connectivity index is 2.25. The lowest BCUT2D eigenvalue weighted by atomic mass is 9.99. The van der Waals surface area contributed by atoms with E-state index in [-0.39, 0.29) is 17.4 Å². The lowest BCUT2D eigenvalue weighted by molar-refractivity contribution is 0.0473. The van der Waals surface area contributed by atoms with Gasteiger partial charge in [0.15, 0.2) is 0 Å². The van der Waals surface area contributed by atoms with Crippen molar-refractivity contribution in [2.24, 2.45) is 5.92 Å². The molecule has 2 rings (SSSR count). The average molecular weight is 427 g/mol. The van der Waals surface area contributed by atoms with Crippen LogP contribution in [-0.4, -0.2) is 30.3 Å². The van der Waals surface area contributed by atoms with E-state index >= 15 is 0 Å². The van der Waals surface area contributed by atoms with Gasteiger partial charge in [-0.1, -0.05) is 43.6 Å². The third-order valence-electron chi connectivity index (χ3n) is 4.14. The van der Waals surface area contributed by atoms with Crippen LogP contribution in [0.25, 0.3) is 0 Å². The number of nitrogens with one attached hydrogen (secondary N) is 1. The van der Waals surface area contributed by atoms with Crippen LogP contribution >= 0.6 is 0 Å². The smallest absolute Gasteiger partial charge is 0.408 e. The van der Waals surface area contributed by atoms with Crippen LogP contribution in [0.15, 0.2) is 33.9 Å². The van der Waals surface area contributed by atoms with Gasteiger partial charge < -0.3 is 14.5 Å². The maximum absolute atomic E-state index is 13.8. The molecule has 2 aromatic rings. The molecule has 0 aliphatic heterocycles. The Labute approximate surface area is 169 Å². The minimum atomic E-state index is -4.06. The van der Waals surface area contributed by atoms with Crippen LogP contribution < -0.4 is 5.32 Å². The fraction of sp³-hybridized carbons (Fsp3) is 0.526. The van der Waals surface area contributed by atoms with E-state index in [9.17, 15) is 17.6 Å². The van der Waals surface area contributed by atoms with E-state index < -0.39 is 44.4 Å². The van der Waals surface area contributed by atoms with Crippen molar-refractivity contribution >= 4 is 15.9 Å². The Kier molecular flexibility index (Phi) is 6.99. The highest BCUT2D eigenvalue weighted by Gasteiger charge is 2.31. The second-order valence-electron chi connectivity index (χ2n) is 7.77. The summed E-state index contributed by atoms with van der Waals surface area (Å²) in [7, 11) is -4.06. The van der Waals surface area contributed by atoms with Gasteiger partial charge in [-0.05, 0) is 32.8 Å². The van der Waals surface area contributed by atoms with Gasteiger partial charge in [0, 0.05) is 5.56 Å². The summed E-state index contributed by atoms with van der Waals surface area (Å²) in [5.41, 5.74) is -0.703. The standard InChI is InChI=1S/C19H26FN3O5S/c1-6-12(2)15(21-17(24)28-19(3,4)5)16-22-23-18(27-16)29(25,26)11-13-9-7-8-10-14(13)20/h7-10,12,15H,6,11H2,1-5H3,(H,21,24)/t12-,15+/m1/s1. The average Bonchev–Trinajstić information content (AvgIpc) is 3.10. The molecule has 8 nitrogen and oxygen atoms in total. The molecule has 0 aliphatic rings. The number of halogens is 1. The first-order valence-electron chi connectivity index (χ1n) is 9.22.